The van der Waals surface area contributed by atoms with Crippen LogP contribution in [0.4, 0.5) is 5.69 Å². The van der Waals surface area contributed by atoms with E-state index >= 15 is 0 Å². The fourth-order valence-corrected chi connectivity index (χ4v) is 2.85. The lowest BCUT2D eigenvalue weighted by Gasteiger charge is -2.29. The van der Waals surface area contributed by atoms with Crippen molar-refractivity contribution in [2.45, 2.75) is 6.04 Å². The van der Waals surface area contributed by atoms with E-state index in [4.69, 9.17) is 9.47 Å². The van der Waals surface area contributed by atoms with Crippen molar-refractivity contribution in [2.75, 3.05) is 25.6 Å². The van der Waals surface area contributed by atoms with E-state index in [2.05, 4.69) is 37.2 Å². The molecule has 2 rings (SSSR count). The molecule has 17 heavy (non-hydrogen) atoms. The molecular formula is C11H11Br2NO3. The summed E-state index contributed by atoms with van der Waals surface area (Å²) in [6.45, 7) is 1.31. The van der Waals surface area contributed by atoms with Gasteiger partial charge in [0.25, 0.3) is 0 Å². The Bertz CT molecular complexity index is 447. The van der Waals surface area contributed by atoms with Gasteiger partial charge in [0.05, 0.1) is 37.6 Å². The molecule has 0 unspecified atom stereocenters. The summed E-state index contributed by atoms with van der Waals surface area (Å²) in [5, 5.41) is 3.26. The molecule has 1 heterocycles. The number of halogens is 2. The van der Waals surface area contributed by atoms with Crippen LogP contribution in [0, 0.1) is 0 Å². The molecule has 0 atom stereocenters. The van der Waals surface area contributed by atoms with Gasteiger partial charge in [-0.25, -0.2) is 4.79 Å². The Morgan fingerprint density at radius 2 is 2.18 bits per heavy atom. The summed E-state index contributed by atoms with van der Waals surface area (Å²) in [6.07, 6.45) is 0. The SMILES string of the molecule is COC(=O)c1cc(Br)cc(Br)c1NC1COC1. The minimum Gasteiger partial charge on any atom is -0.465 e. The molecule has 1 saturated heterocycles. The Labute approximate surface area is 116 Å². The molecule has 0 amide bonds. The van der Waals surface area contributed by atoms with Crippen LogP contribution in [0.3, 0.4) is 0 Å². The van der Waals surface area contributed by atoms with Gasteiger partial charge in [0.15, 0.2) is 0 Å². The summed E-state index contributed by atoms with van der Waals surface area (Å²) in [4.78, 5) is 11.7. The van der Waals surface area contributed by atoms with E-state index < -0.39 is 0 Å². The second-order valence-corrected chi connectivity index (χ2v) is 5.45. The summed E-state index contributed by atoms with van der Waals surface area (Å²) in [6, 6.07) is 3.86. The van der Waals surface area contributed by atoms with Gasteiger partial charge in [0, 0.05) is 8.95 Å². The average molecular weight is 365 g/mol. The minimum atomic E-state index is -0.366. The van der Waals surface area contributed by atoms with Gasteiger partial charge in [-0.05, 0) is 28.1 Å². The van der Waals surface area contributed by atoms with E-state index in [9.17, 15) is 4.79 Å². The molecule has 0 spiro atoms. The number of carbonyl (C=O) groups is 1. The molecule has 4 nitrogen and oxygen atoms in total. The van der Waals surface area contributed by atoms with Crippen molar-refractivity contribution in [1.82, 2.24) is 0 Å². The van der Waals surface area contributed by atoms with Crippen molar-refractivity contribution in [3.8, 4) is 0 Å². The molecule has 0 aliphatic carbocycles. The highest BCUT2D eigenvalue weighted by atomic mass is 79.9. The third-order valence-electron chi connectivity index (χ3n) is 2.45. The number of benzene rings is 1. The highest BCUT2D eigenvalue weighted by molar-refractivity contribution is 9.11. The minimum absolute atomic E-state index is 0.246. The first kappa shape index (κ1) is 12.9. The highest BCUT2D eigenvalue weighted by Gasteiger charge is 2.23. The third-order valence-corrected chi connectivity index (χ3v) is 3.53. The molecule has 0 bridgehead atoms. The molecule has 1 fully saturated rings. The second-order valence-electron chi connectivity index (χ2n) is 3.68. The van der Waals surface area contributed by atoms with Crippen LogP contribution in [0.5, 0.6) is 0 Å². The van der Waals surface area contributed by atoms with Crippen LogP contribution in [0.25, 0.3) is 0 Å². The van der Waals surface area contributed by atoms with E-state index in [0.717, 1.165) is 14.6 Å². The van der Waals surface area contributed by atoms with Gasteiger partial charge in [-0.15, -0.1) is 0 Å². The Hall–Kier alpha value is -0.590. The van der Waals surface area contributed by atoms with Gasteiger partial charge < -0.3 is 14.8 Å². The van der Waals surface area contributed by atoms with E-state index in [0.29, 0.717) is 18.8 Å². The Balaban J connectivity index is 2.35. The maximum atomic E-state index is 11.7. The molecule has 1 aliphatic rings. The molecule has 0 saturated carbocycles. The van der Waals surface area contributed by atoms with Crippen LogP contribution in [-0.4, -0.2) is 32.3 Å². The first-order valence-electron chi connectivity index (χ1n) is 5.03. The van der Waals surface area contributed by atoms with Gasteiger partial charge in [-0.2, -0.15) is 0 Å². The number of carbonyl (C=O) groups excluding carboxylic acids is 1. The van der Waals surface area contributed by atoms with Crippen molar-refractivity contribution < 1.29 is 14.3 Å². The normalized spacial score (nSPS) is 15.2. The van der Waals surface area contributed by atoms with Crippen LogP contribution in [0.2, 0.25) is 0 Å². The standard InChI is InChI=1S/C11H11Br2NO3/c1-16-11(15)8-2-6(12)3-9(13)10(8)14-7-4-17-5-7/h2-3,7,14H,4-5H2,1H3. The number of hydrogen-bond acceptors (Lipinski definition) is 4. The Morgan fingerprint density at radius 1 is 1.47 bits per heavy atom. The Kier molecular flexibility index (Phi) is 4.06. The third kappa shape index (κ3) is 2.81. The molecule has 1 aromatic rings. The highest BCUT2D eigenvalue weighted by Crippen LogP contribution is 2.32. The maximum Gasteiger partial charge on any atom is 0.340 e. The number of methoxy groups -OCH3 is 1. The van der Waals surface area contributed by atoms with Gasteiger partial charge in [0.2, 0.25) is 0 Å². The summed E-state index contributed by atoms with van der Waals surface area (Å²) < 4.78 is 11.5. The fourth-order valence-electron chi connectivity index (χ4n) is 1.51. The molecular weight excluding hydrogens is 354 g/mol. The fraction of sp³-hybridized carbons (Fsp3) is 0.364. The zero-order valence-electron chi connectivity index (χ0n) is 9.13. The van der Waals surface area contributed by atoms with Gasteiger partial charge in [-0.1, -0.05) is 15.9 Å². The van der Waals surface area contributed by atoms with Crippen LogP contribution in [-0.2, 0) is 9.47 Å². The number of ether oxygens (including phenoxy) is 2. The molecule has 0 radical (unpaired) electrons. The second kappa shape index (κ2) is 5.37. The molecule has 1 aromatic carbocycles. The molecule has 1 aliphatic heterocycles. The first-order valence-corrected chi connectivity index (χ1v) is 6.62. The lowest BCUT2D eigenvalue weighted by atomic mass is 10.1. The average Bonchev–Trinajstić information content (AvgIpc) is 2.23. The predicted octanol–water partition coefficient (Wildman–Crippen LogP) is 2.81. The van der Waals surface area contributed by atoms with E-state index in [1.807, 2.05) is 6.07 Å². The lowest BCUT2D eigenvalue weighted by Crippen LogP contribution is -2.40. The predicted molar refractivity (Wildman–Crippen MR) is 71.4 cm³/mol. The van der Waals surface area contributed by atoms with Gasteiger partial charge in [-0.3, -0.25) is 0 Å². The van der Waals surface area contributed by atoms with E-state index in [1.54, 1.807) is 6.07 Å². The van der Waals surface area contributed by atoms with Crippen LogP contribution in [0.15, 0.2) is 21.1 Å². The zero-order valence-corrected chi connectivity index (χ0v) is 12.3. The number of hydrogen-bond donors (Lipinski definition) is 1. The number of rotatable bonds is 3. The topological polar surface area (TPSA) is 47.6 Å². The van der Waals surface area contributed by atoms with Crippen molar-refractivity contribution in [2.24, 2.45) is 0 Å². The largest absolute Gasteiger partial charge is 0.465 e. The zero-order chi connectivity index (χ0) is 12.4. The summed E-state index contributed by atoms with van der Waals surface area (Å²) in [7, 11) is 1.37. The molecule has 92 valence electrons. The van der Waals surface area contributed by atoms with Crippen LogP contribution in [0.1, 0.15) is 10.4 Å². The van der Waals surface area contributed by atoms with Gasteiger partial charge in [0.1, 0.15) is 0 Å². The molecule has 1 N–H and O–H groups in total. The van der Waals surface area contributed by atoms with Crippen LogP contribution >= 0.6 is 31.9 Å². The van der Waals surface area contributed by atoms with Gasteiger partial charge >= 0.3 is 5.97 Å². The van der Waals surface area contributed by atoms with Crippen molar-refractivity contribution in [3.63, 3.8) is 0 Å². The number of nitrogens with one attached hydrogen (secondary N) is 1. The monoisotopic (exact) mass is 363 g/mol. The molecule has 0 aromatic heterocycles. The van der Waals surface area contributed by atoms with Crippen LogP contribution < -0.4 is 5.32 Å². The number of esters is 1. The smallest absolute Gasteiger partial charge is 0.340 e. The quantitative estimate of drug-likeness (QED) is 0.838. The summed E-state index contributed by atoms with van der Waals surface area (Å²) >= 11 is 6.79. The van der Waals surface area contributed by atoms with E-state index in [-0.39, 0.29) is 12.0 Å². The lowest BCUT2D eigenvalue weighted by molar-refractivity contribution is 0.0210. The van der Waals surface area contributed by atoms with E-state index in [1.165, 1.54) is 7.11 Å². The number of anilines is 1. The van der Waals surface area contributed by atoms with Crippen molar-refractivity contribution >= 4 is 43.5 Å². The summed E-state index contributed by atoms with van der Waals surface area (Å²) in [5.41, 5.74) is 1.24. The van der Waals surface area contributed by atoms with Crippen molar-refractivity contribution in [3.05, 3.63) is 26.6 Å². The first-order chi connectivity index (χ1) is 8.11. The maximum absolute atomic E-state index is 11.7. The van der Waals surface area contributed by atoms with Crippen molar-refractivity contribution in [1.29, 1.82) is 0 Å². The Morgan fingerprint density at radius 3 is 2.71 bits per heavy atom. The molecule has 6 heteroatoms. The summed E-state index contributed by atoms with van der Waals surface area (Å²) in [5.74, 6) is -0.366.